The first-order valence-electron chi connectivity index (χ1n) is 12.7. The zero-order chi connectivity index (χ0) is 29.5. The maximum atomic E-state index is 13.6. The van der Waals surface area contributed by atoms with E-state index >= 15 is 0 Å². The molecule has 4 N–H and O–H groups in total. The number of aliphatic carboxylic acids is 1. The number of alkyl carbamates (subject to hydrolysis) is 1. The number of likely N-dealkylation sites (N-methyl/N-ethyl adjacent to an activating group) is 1. The first kappa shape index (κ1) is 28.7. The number of carbonyl (C=O) groups excluding carboxylic acids is 2. The van der Waals surface area contributed by atoms with E-state index in [1.54, 1.807) is 18.2 Å². The Morgan fingerprint density at radius 1 is 1.24 bits per heavy atom. The Morgan fingerprint density at radius 3 is 2.76 bits per heavy atom. The van der Waals surface area contributed by atoms with Crippen molar-refractivity contribution in [1.82, 2.24) is 29.4 Å². The summed E-state index contributed by atoms with van der Waals surface area (Å²) >= 11 is 1.30. The maximum absolute atomic E-state index is 13.6. The van der Waals surface area contributed by atoms with Gasteiger partial charge in [-0.3, -0.25) is 20.3 Å². The van der Waals surface area contributed by atoms with E-state index in [4.69, 9.17) is 5.41 Å². The molecule has 0 saturated carbocycles. The van der Waals surface area contributed by atoms with Crippen LogP contribution >= 0.6 is 11.3 Å². The number of aromatic amines is 1. The van der Waals surface area contributed by atoms with Crippen molar-refractivity contribution in [3.8, 4) is 0 Å². The molecule has 0 spiro atoms. The number of sulfonamides is 1. The van der Waals surface area contributed by atoms with Crippen molar-refractivity contribution in [3.05, 3.63) is 45.4 Å². The smallest absolute Gasteiger partial charge is 0.412 e. The fourth-order valence-electron chi connectivity index (χ4n) is 4.99. The highest BCUT2D eigenvalue weighted by molar-refractivity contribution is 7.89. The van der Waals surface area contributed by atoms with Gasteiger partial charge in [-0.15, -0.1) is 11.3 Å². The summed E-state index contributed by atoms with van der Waals surface area (Å²) in [6.45, 7) is 1.33. The van der Waals surface area contributed by atoms with Gasteiger partial charge in [-0.05, 0) is 31.3 Å². The highest BCUT2D eigenvalue weighted by atomic mass is 32.2. The SMILES string of the molecule is COC(=O)NC(=N)c1ccc2[nH]c(S(=O)(=O)N3CCN(C(=O)c4nc5c(s4)CN(C)CC5)C(CC(=O)O)C3)cc2c1. The van der Waals surface area contributed by atoms with Gasteiger partial charge in [0.15, 0.2) is 5.01 Å². The molecule has 16 heteroatoms. The van der Waals surface area contributed by atoms with Crippen LogP contribution in [0.5, 0.6) is 0 Å². The van der Waals surface area contributed by atoms with Crippen LogP contribution in [0.3, 0.4) is 0 Å². The highest BCUT2D eigenvalue weighted by Gasteiger charge is 2.39. The van der Waals surface area contributed by atoms with Gasteiger partial charge in [-0.25, -0.2) is 18.2 Å². The molecule has 2 aliphatic heterocycles. The van der Waals surface area contributed by atoms with Gasteiger partial charge in [0.1, 0.15) is 10.9 Å². The summed E-state index contributed by atoms with van der Waals surface area (Å²) in [5.74, 6) is -1.75. The van der Waals surface area contributed by atoms with E-state index in [9.17, 15) is 27.9 Å². The van der Waals surface area contributed by atoms with Crippen molar-refractivity contribution >= 4 is 56.1 Å². The van der Waals surface area contributed by atoms with E-state index in [0.717, 1.165) is 23.5 Å². The topological polar surface area (TPSA) is 189 Å². The molecule has 1 aromatic carbocycles. The molecule has 2 aromatic heterocycles. The first-order chi connectivity index (χ1) is 19.5. The maximum Gasteiger partial charge on any atom is 0.412 e. The third-order valence-corrected chi connectivity index (χ3v) is 9.99. The molecule has 0 radical (unpaired) electrons. The monoisotopic (exact) mass is 603 g/mol. The van der Waals surface area contributed by atoms with Crippen molar-refractivity contribution in [3.63, 3.8) is 0 Å². The molecule has 0 bridgehead atoms. The summed E-state index contributed by atoms with van der Waals surface area (Å²) in [7, 11) is -0.917. The van der Waals surface area contributed by atoms with Gasteiger partial charge in [-0.1, -0.05) is 0 Å². The molecule has 1 atom stereocenters. The van der Waals surface area contributed by atoms with Gasteiger partial charge in [-0.2, -0.15) is 4.31 Å². The Hall–Kier alpha value is -3.86. The Kier molecular flexibility index (Phi) is 7.83. The summed E-state index contributed by atoms with van der Waals surface area (Å²) in [4.78, 5) is 48.6. The highest BCUT2D eigenvalue weighted by Crippen LogP contribution is 2.29. The Morgan fingerprint density at radius 2 is 2.02 bits per heavy atom. The molecule has 5 rings (SSSR count). The number of ether oxygens (including phenoxy) is 1. The number of amidine groups is 1. The summed E-state index contributed by atoms with van der Waals surface area (Å²) < 4.78 is 32.9. The van der Waals surface area contributed by atoms with E-state index in [2.05, 4.69) is 24.9 Å². The van der Waals surface area contributed by atoms with Crippen molar-refractivity contribution in [2.75, 3.05) is 40.3 Å². The van der Waals surface area contributed by atoms with Crippen molar-refractivity contribution in [1.29, 1.82) is 5.41 Å². The van der Waals surface area contributed by atoms with Crippen LogP contribution in [0.25, 0.3) is 10.9 Å². The number of carboxylic acid groups (broad SMARTS) is 1. The van der Waals surface area contributed by atoms with E-state index < -0.39 is 40.5 Å². The number of H-pyrrole nitrogens is 1. The van der Waals surface area contributed by atoms with Crippen LogP contribution < -0.4 is 5.32 Å². The average molecular weight is 604 g/mol. The van der Waals surface area contributed by atoms with Gasteiger partial charge in [0.2, 0.25) is 0 Å². The number of methoxy groups -OCH3 is 1. The van der Waals surface area contributed by atoms with E-state index in [-0.39, 0.29) is 35.5 Å². The number of benzene rings is 1. The van der Waals surface area contributed by atoms with Gasteiger partial charge in [0, 0.05) is 60.5 Å². The minimum Gasteiger partial charge on any atom is -0.481 e. The second kappa shape index (κ2) is 11.2. The lowest BCUT2D eigenvalue weighted by Crippen LogP contribution is -2.57. The molecule has 3 aromatic rings. The first-order valence-corrected chi connectivity index (χ1v) is 15.0. The van der Waals surface area contributed by atoms with Crippen LogP contribution in [-0.2, 0) is 32.5 Å². The molecule has 218 valence electrons. The summed E-state index contributed by atoms with van der Waals surface area (Å²) in [5.41, 5.74) is 1.72. The largest absolute Gasteiger partial charge is 0.481 e. The molecule has 0 aliphatic carbocycles. The molecule has 14 nitrogen and oxygen atoms in total. The minimum absolute atomic E-state index is 0.0148. The van der Waals surface area contributed by atoms with Gasteiger partial charge in [0.25, 0.3) is 15.9 Å². The molecule has 2 aliphatic rings. The third-order valence-electron chi connectivity index (χ3n) is 7.14. The number of thiazole rings is 1. The zero-order valence-electron chi connectivity index (χ0n) is 22.3. The summed E-state index contributed by atoms with van der Waals surface area (Å²) in [6.07, 6.45) is -0.491. The molecule has 41 heavy (non-hydrogen) atoms. The molecule has 1 unspecified atom stereocenters. The fourth-order valence-corrected chi connectivity index (χ4v) is 7.62. The molecule has 1 fully saturated rings. The van der Waals surface area contributed by atoms with Crippen LogP contribution in [0, 0.1) is 5.41 Å². The predicted octanol–water partition coefficient (Wildman–Crippen LogP) is 1.28. The number of nitrogens with zero attached hydrogens (tertiary/aromatic N) is 4. The fraction of sp³-hybridized carbons (Fsp3) is 0.400. The molecule has 4 heterocycles. The molecular weight excluding hydrogens is 574 g/mol. The van der Waals surface area contributed by atoms with E-state index in [0.29, 0.717) is 23.0 Å². The standard InChI is InChI=1S/C25H29N7O7S2/c1-30-6-5-18-19(13-30)40-23(28-18)24(35)32-8-7-31(12-16(32)11-21(33)34)41(37,38)20-10-15-9-14(3-4-17(15)27-20)22(26)29-25(36)39-2/h3-4,9-10,16,27H,5-8,11-13H2,1-2H3,(H,33,34)(H2,26,29,36). The van der Waals surface area contributed by atoms with E-state index in [1.165, 1.54) is 33.7 Å². The van der Waals surface area contributed by atoms with Crippen LogP contribution in [0.1, 0.15) is 32.4 Å². The van der Waals surface area contributed by atoms with Crippen molar-refractivity contribution in [2.24, 2.45) is 0 Å². The van der Waals surface area contributed by atoms with Crippen molar-refractivity contribution < 1.29 is 32.6 Å². The molecule has 1 saturated heterocycles. The second-order valence-electron chi connectivity index (χ2n) is 9.92. The van der Waals surface area contributed by atoms with E-state index in [1.807, 2.05) is 7.05 Å². The summed E-state index contributed by atoms with van der Waals surface area (Å²) in [6, 6.07) is 5.23. The lowest BCUT2D eigenvalue weighted by molar-refractivity contribution is -0.138. The number of piperazine rings is 1. The van der Waals surface area contributed by atoms with Crippen LogP contribution in [-0.4, -0.2) is 108 Å². The minimum atomic E-state index is -4.09. The lowest BCUT2D eigenvalue weighted by atomic mass is 10.1. The molecular formula is C25H29N7O7S2. The van der Waals surface area contributed by atoms with Crippen molar-refractivity contribution in [2.45, 2.75) is 30.5 Å². The Labute approximate surface area is 239 Å². The Balaban J connectivity index is 1.36. The number of nitrogens with one attached hydrogen (secondary N) is 3. The number of carbonyl (C=O) groups is 3. The number of carboxylic acids is 1. The number of aromatic nitrogens is 2. The number of rotatable bonds is 6. The lowest BCUT2D eigenvalue weighted by Gasteiger charge is -2.39. The third kappa shape index (κ3) is 5.81. The quantitative estimate of drug-likeness (QED) is 0.238. The number of hydrogen-bond donors (Lipinski definition) is 4. The van der Waals surface area contributed by atoms with Gasteiger partial charge < -0.3 is 24.6 Å². The molecule has 2 amide bonds. The summed E-state index contributed by atoms with van der Waals surface area (Å²) in [5, 5.41) is 20.5. The second-order valence-corrected chi connectivity index (χ2v) is 12.9. The number of amides is 2. The van der Waals surface area contributed by atoms with Gasteiger partial charge in [0.05, 0.1) is 25.3 Å². The number of hydrogen-bond acceptors (Lipinski definition) is 10. The zero-order valence-corrected chi connectivity index (χ0v) is 24.0. The average Bonchev–Trinajstić information content (AvgIpc) is 3.56. The number of fused-ring (bicyclic) bond motifs is 2. The normalized spacial score (nSPS) is 18.2. The van der Waals surface area contributed by atoms with Gasteiger partial charge >= 0.3 is 12.1 Å². The predicted molar refractivity (Wildman–Crippen MR) is 149 cm³/mol. The van der Waals surface area contributed by atoms with Crippen LogP contribution in [0.4, 0.5) is 4.79 Å². The van der Waals surface area contributed by atoms with Crippen LogP contribution in [0.2, 0.25) is 0 Å². The van der Waals surface area contributed by atoms with Crippen LogP contribution in [0.15, 0.2) is 29.3 Å². The Bertz CT molecular complexity index is 1650.